The highest BCUT2D eigenvalue weighted by atomic mass is 16.5. The Labute approximate surface area is 204 Å². The monoisotopic (exact) mass is 470 g/mol. The number of ether oxygens (including phenoxy) is 2. The van der Waals surface area contributed by atoms with E-state index in [0.717, 1.165) is 57.1 Å². The Balaban J connectivity index is 1.91. The number of carboxylic acid groups (broad SMARTS) is 1. The Morgan fingerprint density at radius 2 is 1.94 bits per heavy atom. The first-order valence-corrected chi connectivity index (χ1v) is 12.0. The number of aliphatic carboxylic acids is 1. The van der Waals surface area contributed by atoms with E-state index < -0.39 is 17.7 Å². The molecule has 0 saturated heterocycles. The number of hydrogen-bond donors (Lipinski definition) is 1. The second-order valence-electron chi connectivity index (χ2n) is 10.2. The van der Waals surface area contributed by atoms with Gasteiger partial charge in [-0.1, -0.05) is 12.1 Å². The number of nitrogens with zero attached hydrogens (tertiary/aromatic N) is 2. The van der Waals surface area contributed by atoms with Crippen molar-refractivity contribution < 1.29 is 19.4 Å². The highest BCUT2D eigenvalue weighted by Gasteiger charge is 2.33. The van der Waals surface area contributed by atoms with E-state index in [4.69, 9.17) is 19.4 Å². The van der Waals surface area contributed by atoms with Crippen LogP contribution in [0.3, 0.4) is 0 Å². The van der Waals surface area contributed by atoms with Crippen LogP contribution in [0.1, 0.15) is 55.7 Å². The smallest absolute Gasteiger partial charge is 0.337 e. The molecule has 2 aromatic heterocycles. The fraction of sp³-hybridized carbons (Fsp3) is 0.345. The van der Waals surface area contributed by atoms with Crippen LogP contribution in [-0.4, -0.2) is 33.3 Å². The van der Waals surface area contributed by atoms with E-state index in [9.17, 15) is 9.90 Å². The van der Waals surface area contributed by atoms with Crippen LogP contribution < -0.4 is 4.74 Å². The van der Waals surface area contributed by atoms with Crippen LogP contribution >= 0.6 is 0 Å². The maximum absolute atomic E-state index is 12.6. The third-order valence-electron chi connectivity index (χ3n) is 6.39. The molecular formula is C29H30N2O4. The van der Waals surface area contributed by atoms with Gasteiger partial charge in [0, 0.05) is 39.4 Å². The molecule has 1 N–H and O–H groups in total. The average molecular weight is 471 g/mol. The molecule has 0 fully saturated rings. The van der Waals surface area contributed by atoms with Gasteiger partial charge in [0.2, 0.25) is 0 Å². The van der Waals surface area contributed by atoms with E-state index in [1.165, 1.54) is 5.56 Å². The lowest BCUT2D eigenvalue weighted by molar-refractivity contribution is -0.160. The fourth-order valence-electron chi connectivity index (χ4n) is 4.99. The number of benzene rings is 2. The number of carbonyl (C=O) groups is 1. The molecule has 0 aliphatic carbocycles. The number of aryl methyl sites for hydroxylation is 3. The molecule has 0 unspecified atom stereocenters. The molecule has 0 radical (unpaired) electrons. The SMILES string of the molecule is Cc1ccc2c(-c3ccc4c5c(ccnc35)CCCO4)c([C@H](OC(C)(C)C)C(=O)O)c(C)nc2c1. The van der Waals surface area contributed by atoms with Crippen molar-refractivity contribution in [3.8, 4) is 16.9 Å². The Morgan fingerprint density at radius 1 is 1.14 bits per heavy atom. The molecule has 1 aliphatic heterocycles. The van der Waals surface area contributed by atoms with Gasteiger partial charge in [-0.3, -0.25) is 9.97 Å². The number of pyridine rings is 2. The summed E-state index contributed by atoms with van der Waals surface area (Å²) in [5, 5.41) is 12.2. The van der Waals surface area contributed by atoms with Crippen LogP contribution in [0.15, 0.2) is 42.6 Å². The Bertz CT molecular complexity index is 1460. The number of rotatable bonds is 4. The summed E-state index contributed by atoms with van der Waals surface area (Å²) in [4.78, 5) is 22.2. The van der Waals surface area contributed by atoms with E-state index in [1.807, 2.05) is 77.2 Å². The molecule has 0 amide bonds. The second-order valence-corrected chi connectivity index (χ2v) is 10.2. The average Bonchev–Trinajstić information content (AvgIpc) is 3.00. The summed E-state index contributed by atoms with van der Waals surface area (Å²) in [5.41, 5.74) is 6.06. The predicted octanol–water partition coefficient (Wildman–Crippen LogP) is 6.33. The summed E-state index contributed by atoms with van der Waals surface area (Å²) in [7, 11) is 0. The Morgan fingerprint density at radius 3 is 2.69 bits per heavy atom. The number of hydrogen-bond acceptors (Lipinski definition) is 5. The van der Waals surface area contributed by atoms with Crippen molar-refractivity contribution >= 4 is 27.8 Å². The molecule has 3 heterocycles. The zero-order valence-electron chi connectivity index (χ0n) is 20.8. The van der Waals surface area contributed by atoms with Gasteiger partial charge in [-0.05, 0) is 82.9 Å². The van der Waals surface area contributed by atoms with Gasteiger partial charge in [0.05, 0.1) is 23.2 Å². The van der Waals surface area contributed by atoms with E-state index in [-0.39, 0.29) is 0 Å². The van der Waals surface area contributed by atoms with Crippen molar-refractivity contribution in [1.29, 1.82) is 0 Å². The maximum Gasteiger partial charge on any atom is 0.337 e. The van der Waals surface area contributed by atoms with Gasteiger partial charge >= 0.3 is 5.97 Å². The van der Waals surface area contributed by atoms with Crippen molar-refractivity contribution in [3.05, 3.63) is 65.0 Å². The van der Waals surface area contributed by atoms with Gasteiger partial charge in [-0.25, -0.2) is 4.79 Å². The van der Waals surface area contributed by atoms with E-state index in [1.54, 1.807) is 0 Å². The van der Waals surface area contributed by atoms with Crippen molar-refractivity contribution in [1.82, 2.24) is 9.97 Å². The fourth-order valence-corrected chi connectivity index (χ4v) is 4.99. The molecule has 6 heteroatoms. The van der Waals surface area contributed by atoms with Gasteiger partial charge in [0.25, 0.3) is 0 Å². The van der Waals surface area contributed by atoms with Gasteiger partial charge < -0.3 is 14.6 Å². The zero-order valence-corrected chi connectivity index (χ0v) is 20.8. The van der Waals surface area contributed by atoms with Gasteiger partial charge in [-0.2, -0.15) is 0 Å². The zero-order chi connectivity index (χ0) is 24.9. The quantitative estimate of drug-likeness (QED) is 0.375. The molecule has 0 spiro atoms. The molecule has 180 valence electrons. The molecule has 0 saturated carbocycles. The Hall–Kier alpha value is -3.51. The minimum absolute atomic E-state index is 0.556. The van der Waals surface area contributed by atoms with Gasteiger partial charge in [0.15, 0.2) is 6.10 Å². The topological polar surface area (TPSA) is 81.5 Å². The lowest BCUT2D eigenvalue weighted by Crippen LogP contribution is -2.28. The van der Waals surface area contributed by atoms with Crippen LogP contribution in [-0.2, 0) is 16.0 Å². The first kappa shape index (κ1) is 23.2. The summed E-state index contributed by atoms with van der Waals surface area (Å²) >= 11 is 0. The minimum Gasteiger partial charge on any atom is -0.493 e. The van der Waals surface area contributed by atoms with Crippen molar-refractivity contribution in [2.45, 2.75) is 59.2 Å². The summed E-state index contributed by atoms with van der Waals surface area (Å²) in [5.74, 6) is -0.231. The van der Waals surface area contributed by atoms with E-state index in [0.29, 0.717) is 17.9 Å². The van der Waals surface area contributed by atoms with Crippen molar-refractivity contribution in [3.63, 3.8) is 0 Å². The number of aromatic nitrogens is 2. The van der Waals surface area contributed by atoms with Crippen LogP contribution in [0.4, 0.5) is 0 Å². The van der Waals surface area contributed by atoms with E-state index in [2.05, 4.69) is 0 Å². The van der Waals surface area contributed by atoms with Crippen molar-refractivity contribution in [2.75, 3.05) is 6.61 Å². The molecule has 1 aliphatic rings. The highest BCUT2D eigenvalue weighted by molar-refractivity contribution is 6.07. The number of fused-ring (bicyclic) bond motifs is 1. The standard InChI is InChI=1S/C29H30N2O4/c1-16-8-9-19-21(15-16)31-17(2)23(27(28(32)33)35-29(3,4)5)25(19)20-10-11-22-24-18(7-6-14-34-22)12-13-30-26(20)24/h8-13,15,27H,6-7,14H2,1-5H3,(H,32,33)/t27-/m0/s1. The van der Waals surface area contributed by atoms with Gasteiger partial charge in [0.1, 0.15) is 5.75 Å². The first-order valence-electron chi connectivity index (χ1n) is 12.0. The van der Waals surface area contributed by atoms with Gasteiger partial charge in [-0.15, -0.1) is 0 Å². The van der Waals surface area contributed by atoms with Crippen LogP contribution in [0.25, 0.3) is 32.9 Å². The molecule has 0 bridgehead atoms. The maximum atomic E-state index is 12.6. The highest BCUT2D eigenvalue weighted by Crippen LogP contribution is 2.44. The second kappa shape index (κ2) is 8.61. The van der Waals surface area contributed by atoms with Crippen molar-refractivity contribution in [2.24, 2.45) is 0 Å². The predicted molar refractivity (Wildman–Crippen MR) is 137 cm³/mol. The molecule has 4 aromatic rings. The molecule has 5 rings (SSSR count). The molecule has 1 atom stereocenters. The summed E-state index contributed by atoms with van der Waals surface area (Å²) < 4.78 is 12.2. The minimum atomic E-state index is -1.19. The normalized spacial score (nSPS) is 14.5. The molecule has 35 heavy (non-hydrogen) atoms. The molecule has 6 nitrogen and oxygen atoms in total. The first-order chi connectivity index (χ1) is 16.6. The molecular weight excluding hydrogens is 440 g/mol. The van der Waals surface area contributed by atoms with Crippen LogP contribution in [0.2, 0.25) is 0 Å². The largest absolute Gasteiger partial charge is 0.493 e. The third kappa shape index (κ3) is 4.23. The number of carboxylic acids is 1. The Kier molecular flexibility index (Phi) is 5.72. The van der Waals surface area contributed by atoms with Crippen LogP contribution in [0.5, 0.6) is 5.75 Å². The molecule has 2 aromatic carbocycles. The summed E-state index contributed by atoms with van der Waals surface area (Å²) in [6.07, 6.45) is 2.48. The van der Waals surface area contributed by atoms with Crippen LogP contribution in [0, 0.1) is 13.8 Å². The summed E-state index contributed by atoms with van der Waals surface area (Å²) in [6, 6.07) is 12.1. The lowest BCUT2D eigenvalue weighted by Gasteiger charge is -2.28. The lowest BCUT2D eigenvalue weighted by atomic mass is 9.88. The van der Waals surface area contributed by atoms with E-state index >= 15 is 0 Å². The third-order valence-corrected chi connectivity index (χ3v) is 6.39. The summed E-state index contributed by atoms with van der Waals surface area (Å²) in [6.45, 7) is 10.1.